The second-order valence-electron chi connectivity index (χ2n) is 4.37. The van der Waals surface area contributed by atoms with E-state index in [-0.39, 0.29) is 6.54 Å². The number of carboxylic acids is 1. The molecule has 0 spiro atoms. The number of aromatic nitrogens is 2. The predicted molar refractivity (Wildman–Crippen MR) is 67.5 cm³/mol. The van der Waals surface area contributed by atoms with Crippen LogP contribution in [0, 0.1) is 13.8 Å². The van der Waals surface area contributed by atoms with E-state index in [1.807, 2.05) is 30.5 Å². The van der Waals surface area contributed by atoms with Gasteiger partial charge in [0.1, 0.15) is 0 Å². The fraction of sp³-hybridized carbons (Fsp3) is 0.667. The van der Waals surface area contributed by atoms with Crippen LogP contribution in [0.15, 0.2) is 0 Å². The molecule has 6 heteroatoms. The van der Waals surface area contributed by atoms with Gasteiger partial charge in [0.05, 0.1) is 18.8 Å². The van der Waals surface area contributed by atoms with Crippen molar-refractivity contribution < 1.29 is 14.6 Å². The summed E-state index contributed by atoms with van der Waals surface area (Å²) in [4.78, 5) is 12.7. The van der Waals surface area contributed by atoms with Crippen LogP contribution in [-0.2, 0) is 23.1 Å². The molecule has 0 atom stereocenters. The van der Waals surface area contributed by atoms with Gasteiger partial charge in [0.25, 0.3) is 0 Å². The summed E-state index contributed by atoms with van der Waals surface area (Å²) in [5, 5.41) is 13.2. The third-order valence-electron chi connectivity index (χ3n) is 3.01. The Labute approximate surface area is 107 Å². The molecule has 1 N–H and O–H groups in total. The van der Waals surface area contributed by atoms with Crippen LogP contribution in [0.2, 0.25) is 0 Å². The first-order valence-electron chi connectivity index (χ1n) is 5.87. The van der Waals surface area contributed by atoms with Gasteiger partial charge < -0.3 is 9.84 Å². The second-order valence-corrected chi connectivity index (χ2v) is 4.37. The zero-order chi connectivity index (χ0) is 13.7. The Kier molecular flexibility index (Phi) is 5.30. The molecule has 0 aromatic carbocycles. The molecule has 1 heterocycles. The summed E-state index contributed by atoms with van der Waals surface area (Å²) in [5.74, 6) is -0.828. The van der Waals surface area contributed by atoms with Crippen molar-refractivity contribution in [2.75, 3.05) is 26.8 Å². The lowest BCUT2D eigenvalue weighted by molar-refractivity contribution is -0.138. The largest absolute Gasteiger partial charge is 0.480 e. The summed E-state index contributed by atoms with van der Waals surface area (Å²) in [6.45, 7) is 5.64. The summed E-state index contributed by atoms with van der Waals surface area (Å²) >= 11 is 0. The lowest BCUT2D eigenvalue weighted by atomic mass is 10.2. The van der Waals surface area contributed by atoms with E-state index in [1.54, 1.807) is 7.11 Å². The van der Waals surface area contributed by atoms with Gasteiger partial charge in [-0.05, 0) is 13.8 Å². The van der Waals surface area contributed by atoms with Crippen molar-refractivity contribution in [3.8, 4) is 0 Å². The fourth-order valence-corrected chi connectivity index (χ4v) is 1.90. The van der Waals surface area contributed by atoms with Gasteiger partial charge >= 0.3 is 5.97 Å². The number of carboxylic acid groups (broad SMARTS) is 1. The molecule has 0 fully saturated rings. The van der Waals surface area contributed by atoms with Crippen LogP contribution >= 0.6 is 0 Å². The molecule has 0 radical (unpaired) electrons. The van der Waals surface area contributed by atoms with E-state index in [2.05, 4.69) is 5.10 Å². The van der Waals surface area contributed by atoms with E-state index in [0.29, 0.717) is 19.7 Å². The van der Waals surface area contributed by atoms with E-state index in [9.17, 15) is 4.79 Å². The second kappa shape index (κ2) is 6.51. The first kappa shape index (κ1) is 14.7. The van der Waals surface area contributed by atoms with Gasteiger partial charge in [0, 0.05) is 38.5 Å². The number of nitrogens with zero attached hydrogens (tertiary/aromatic N) is 3. The number of carbonyl (C=O) groups is 1. The molecule has 1 rings (SSSR count). The summed E-state index contributed by atoms with van der Waals surface area (Å²) < 4.78 is 6.82. The van der Waals surface area contributed by atoms with Gasteiger partial charge in [-0.25, -0.2) is 0 Å². The zero-order valence-corrected chi connectivity index (χ0v) is 11.4. The van der Waals surface area contributed by atoms with Crippen LogP contribution in [0.1, 0.15) is 17.0 Å². The van der Waals surface area contributed by atoms with Gasteiger partial charge in [-0.1, -0.05) is 0 Å². The Morgan fingerprint density at radius 3 is 2.61 bits per heavy atom. The maximum absolute atomic E-state index is 10.8. The van der Waals surface area contributed by atoms with E-state index < -0.39 is 5.97 Å². The van der Waals surface area contributed by atoms with Gasteiger partial charge in [-0.15, -0.1) is 0 Å². The minimum absolute atomic E-state index is 0.0110. The standard InChI is InChI=1S/C12H21N3O3/c1-9-11(10(2)14(3)13-9)7-15(5-6-18-4)8-12(16)17/h5-8H2,1-4H3,(H,16,17). The zero-order valence-electron chi connectivity index (χ0n) is 11.4. The van der Waals surface area contributed by atoms with Crippen molar-refractivity contribution in [2.24, 2.45) is 7.05 Å². The predicted octanol–water partition coefficient (Wildman–Crippen LogP) is 0.570. The fourth-order valence-electron chi connectivity index (χ4n) is 1.90. The molecule has 0 saturated carbocycles. The molecule has 0 aliphatic carbocycles. The van der Waals surface area contributed by atoms with E-state index >= 15 is 0 Å². The van der Waals surface area contributed by atoms with E-state index in [0.717, 1.165) is 17.0 Å². The highest BCUT2D eigenvalue weighted by Crippen LogP contribution is 2.14. The first-order valence-corrected chi connectivity index (χ1v) is 5.87. The van der Waals surface area contributed by atoms with Crippen molar-refractivity contribution in [2.45, 2.75) is 20.4 Å². The number of aryl methyl sites for hydroxylation is 2. The third kappa shape index (κ3) is 3.82. The van der Waals surface area contributed by atoms with Crippen molar-refractivity contribution in [3.63, 3.8) is 0 Å². The smallest absolute Gasteiger partial charge is 0.317 e. The molecule has 102 valence electrons. The number of hydrogen-bond donors (Lipinski definition) is 1. The Morgan fingerprint density at radius 1 is 1.50 bits per heavy atom. The normalized spacial score (nSPS) is 11.2. The van der Waals surface area contributed by atoms with Gasteiger partial charge in [0.15, 0.2) is 0 Å². The minimum atomic E-state index is -0.828. The van der Waals surface area contributed by atoms with Crippen LogP contribution in [0.3, 0.4) is 0 Å². The average molecular weight is 255 g/mol. The summed E-state index contributed by atoms with van der Waals surface area (Å²) in [7, 11) is 3.50. The topological polar surface area (TPSA) is 67.6 Å². The molecule has 0 bridgehead atoms. The molecule has 0 unspecified atom stereocenters. The molecule has 6 nitrogen and oxygen atoms in total. The molecular weight excluding hydrogens is 234 g/mol. The van der Waals surface area contributed by atoms with Crippen molar-refractivity contribution in [1.29, 1.82) is 0 Å². The first-order chi connectivity index (χ1) is 8.45. The van der Waals surface area contributed by atoms with Crippen LogP contribution in [0.5, 0.6) is 0 Å². The van der Waals surface area contributed by atoms with E-state index in [4.69, 9.17) is 9.84 Å². The Bertz CT molecular complexity index is 415. The van der Waals surface area contributed by atoms with Crippen molar-refractivity contribution >= 4 is 5.97 Å². The number of aliphatic carboxylic acids is 1. The third-order valence-corrected chi connectivity index (χ3v) is 3.01. The van der Waals surface area contributed by atoms with Crippen LogP contribution in [-0.4, -0.2) is 52.6 Å². The number of ether oxygens (including phenoxy) is 1. The molecular formula is C12H21N3O3. The summed E-state index contributed by atoms with van der Waals surface area (Å²) in [6, 6.07) is 0. The van der Waals surface area contributed by atoms with Crippen molar-refractivity contribution in [3.05, 3.63) is 17.0 Å². The lowest BCUT2D eigenvalue weighted by Crippen LogP contribution is -2.32. The maximum Gasteiger partial charge on any atom is 0.317 e. The minimum Gasteiger partial charge on any atom is -0.480 e. The highest BCUT2D eigenvalue weighted by molar-refractivity contribution is 5.69. The van der Waals surface area contributed by atoms with Gasteiger partial charge in [-0.2, -0.15) is 5.10 Å². The molecule has 1 aromatic heterocycles. The molecule has 18 heavy (non-hydrogen) atoms. The number of methoxy groups -OCH3 is 1. The van der Waals surface area contributed by atoms with Crippen LogP contribution in [0.4, 0.5) is 0 Å². The molecule has 1 aromatic rings. The molecule has 0 amide bonds. The quantitative estimate of drug-likeness (QED) is 0.771. The molecule has 0 aliphatic heterocycles. The highest BCUT2D eigenvalue weighted by Gasteiger charge is 2.15. The maximum atomic E-state index is 10.8. The number of rotatable bonds is 7. The summed E-state index contributed by atoms with van der Waals surface area (Å²) in [6.07, 6.45) is 0. The van der Waals surface area contributed by atoms with Crippen LogP contribution < -0.4 is 0 Å². The molecule has 0 saturated heterocycles. The summed E-state index contributed by atoms with van der Waals surface area (Å²) in [5.41, 5.74) is 3.11. The van der Waals surface area contributed by atoms with E-state index in [1.165, 1.54) is 0 Å². The average Bonchev–Trinajstić information content (AvgIpc) is 2.52. The number of hydrogen-bond acceptors (Lipinski definition) is 4. The Hall–Kier alpha value is -1.40. The Balaban J connectivity index is 2.77. The van der Waals surface area contributed by atoms with Gasteiger partial charge in [0.2, 0.25) is 0 Å². The van der Waals surface area contributed by atoms with Crippen LogP contribution in [0.25, 0.3) is 0 Å². The molecule has 0 aliphatic rings. The van der Waals surface area contributed by atoms with Gasteiger partial charge in [-0.3, -0.25) is 14.4 Å². The van der Waals surface area contributed by atoms with Crippen molar-refractivity contribution in [1.82, 2.24) is 14.7 Å². The monoisotopic (exact) mass is 255 g/mol. The Morgan fingerprint density at radius 2 is 2.17 bits per heavy atom. The SMILES string of the molecule is COCCN(CC(=O)O)Cc1c(C)nn(C)c1C. The highest BCUT2D eigenvalue weighted by atomic mass is 16.5. The lowest BCUT2D eigenvalue weighted by Gasteiger charge is -2.20.